The molecule has 0 bridgehead atoms. The maximum Gasteiger partial charge on any atom is 0.249 e. The molecule has 0 saturated carbocycles. The Morgan fingerprint density at radius 2 is 1.73 bits per heavy atom. The number of allylic oxidation sites excluding steroid dienone is 1. The first-order valence-electron chi connectivity index (χ1n) is 8.14. The molecule has 0 spiro atoms. The summed E-state index contributed by atoms with van der Waals surface area (Å²) in [5.74, 6) is 0.163. The molecule has 1 aromatic carbocycles. The van der Waals surface area contributed by atoms with Gasteiger partial charge in [0.25, 0.3) is 0 Å². The molecule has 4 N–H and O–H groups in total. The molecule has 2 heterocycles. The second kappa shape index (κ2) is 6.87. The number of hydrazine groups is 1. The number of aliphatic imine (C=N–C) groups is 1. The molecule has 0 aliphatic carbocycles. The predicted molar refractivity (Wildman–Crippen MR) is 96.7 cm³/mol. The standard InChI is InChI=1S/C17H20N6O3/c1-9(2)15-21-17-20-14(25)8-13(23(17)22-15)16(26)19-12-6-4-11(5-7-12)18-10(3)24/h4-7,13,22H,8H2,1-3H3,(H,18,24)(H,19,26)(H,20,21,25)/t13-/m0/s1. The van der Waals surface area contributed by atoms with Crippen molar-refractivity contribution in [3.63, 3.8) is 0 Å². The smallest absolute Gasteiger partial charge is 0.249 e. The highest BCUT2D eigenvalue weighted by atomic mass is 16.2. The molecule has 0 aromatic heterocycles. The molecule has 136 valence electrons. The van der Waals surface area contributed by atoms with Crippen LogP contribution in [-0.2, 0) is 14.4 Å². The van der Waals surface area contributed by atoms with E-state index in [1.54, 1.807) is 29.3 Å². The van der Waals surface area contributed by atoms with Crippen molar-refractivity contribution >= 4 is 35.1 Å². The molecular formula is C17H20N6O3. The number of guanidine groups is 1. The summed E-state index contributed by atoms with van der Waals surface area (Å²) in [5, 5.41) is 9.66. The van der Waals surface area contributed by atoms with Crippen molar-refractivity contribution in [3.8, 4) is 0 Å². The first kappa shape index (κ1) is 17.5. The Morgan fingerprint density at radius 3 is 2.31 bits per heavy atom. The lowest BCUT2D eigenvalue weighted by Gasteiger charge is -2.32. The number of anilines is 2. The summed E-state index contributed by atoms with van der Waals surface area (Å²) in [4.78, 5) is 39.9. The summed E-state index contributed by atoms with van der Waals surface area (Å²) in [6.07, 6.45) is 0.0118. The van der Waals surface area contributed by atoms with Crippen molar-refractivity contribution in [2.45, 2.75) is 33.2 Å². The monoisotopic (exact) mass is 356 g/mol. The molecule has 1 aromatic rings. The minimum Gasteiger partial charge on any atom is -0.326 e. The average Bonchev–Trinajstić information content (AvgIpc) is 2.99. The van der Waals surface area contributed by atoms with Gasteiger partial charge in [-0.25, -0.2) is 5.01 Å². The molecule has 3 rings (SSSR count). The number of hydrogen-bond donors (Lipinski definition) is 4. The van der Waals surface area contributed by atoms with Crippen LogP contribution >= 0.6 is 0 Å². The fraction of sp³-hybridized carbons (Fsp3) is 0.294. The van der Waals surface area contributed by atoms with Gasteiger partial charge in [0.15, 0.2) is 0 Å². The number of hydrogen-bond acceptors (Lipinski definition) is 6. The van der Waals surface area contributed by atoms with Crippen LogP contribution in [0.2, 0.25) is 0 Å². The number of carbonyl (C=O) groups is 3. The molecule has 1 fully saturated rings. The number of nitrogens with zero attached hydrogens (tertiary/aromatic N) is 2. The second-order valence-corrected chi connectivity index (χ2v) is 6.28. The van der Waals surface area contributed by atoms with Gasteiger partial charge in [0.05, 0.1) is 6.42 Å². The van der Waals surface area contributed by atoms with E-state index in [1.807, 2.05) is 13.8 Å². The van der Waals surface area contributed by atoms with E-state index in [0.717, 1.165) is 5.57 Å². The van der Waals surface area contributed by atoms with E-state index < -0.39 is 6.04 Å². The van der Waals surface area contributed by atoms with Crippen LogP contribution in [0.3, 0.4) is 0 Å². The number of rotatable bonds is 3. The summed E-state index contributed by atoms with van der Waals surface area (Å²) >= 11 is 0. The van der Waals surface area contributed by atoms with Crippen molar-refractivity contribution in [3.05, 3.63) is 35.7 Å². The van der Waals surface area contributed by atoms with Crippen LogP contribution in [0.4, 0.5) is 11.4 Å². The highest BCUT2D eigenvalue weighted by Crippen LogP contribution is 2.20. The minimum atomic E-state index is -0.727. The third-order valence-corrected chi connectivity index (χ3v) is 3.86. The Bertz CT molecular complexity index is 823. The van der Waals surface area contributed by atoms with Gasteiger partial charge >= 0.3 is 0 Å². The summed E-state index contributed by atoms with van der Waals surface area (Å²) < 4.78 is 0. The van der Waals surface area contributed by atoms with Crippen LogP contribution in [0, 0.1) is 0 Å². The lowest BCUT2D eigenvalue weighted by Crippen LogP contribution is -2.61. The van der Waals surface area contributed by atoms with Gasteiger partial charge in [-0.15, -0.1) is 0 Å². The third-order valence-electron chi connectivity index (χ3n) is 3.86. The van der Waals surface area contributed by atoms with Crippen molar-refractivity contribution in [1.29, 1.82) is 0 Å². The van der Waals surface area contributed by atoms with Crippen LogP contribution in [0.15, 0.2) is 40.7 Å². The summed E-state index contributed by atoms with van der Waals surface area (Å²) in [7, 11) is 0. The minimum absolute atomic E-state index is 0.0118. The number of carbonyl (C=O) groups excluding carboxylic acids is 3. The first-order chi connectivity index (χ1) is 12.3. The molecule has 0 radical (unpaired) electrons. The van der Waals surface area contributed by atoms with E-state index in [2.05, 4.69) is 26.4 Å². The van der Waals surface area contributed by atoms with E-state index in [9.17, 15) is 14.4 Å². The van der Waals surface area contributed by atoms with Gasteiger partial charge in [-0.2, -0.15) is 4.99 Å². The Balaban J connectivity index is 1.73. The van der Waals surface area contributed by atoms with Crippen molar-refractivity contribution < 1.29 is 14.4 Å². The second-order valence-electron chi connectivity index (χ2n) is 6.28. The number of fused-ring (bicyclic) bond motifs is 1. The maximum atomic E-state index is 12.7. The molecule has 26 heavy (non-hydrogen) atoms. The predicted octanol–water partition coefficient (Wildman–Crippen LogP) is 0.900. The third kappa shape index (κ3) is 3.66. The van der Waals surface area contributed by atoms with E-state index in [1.165, 1.54) is 6.92 Å². The highest BCUT2D eigenvalue weighted by molar-refractivity contribution is 6.07. The van der Waals surface area contributed by atoms with Gasteiger partial charge in [-0.3, -0.25) is 25.1 Å². The van der Waals surface area contributed by atoms with Crippen molar-refractivity contribution in [2.75, 3.05) is 10.6 Å². The summed E-state index contributed by atoms with van der Waals surface area (Å²) in [6, 6.07) is 6.01. The van der Waals surface area contributed by atoms with Gasteiger partial charge in [-0.05, 0) is 43.7 Å². The number of nitrogens with one attached hydrogen (secondary N) is 4. The van der Waals surface area contributed by atoms with Gasteiger partial charge in [0.2, 0.25) is 23.7 Å². The normalized spacial score (nSPS) is 18.3. The topological polar surface area (TPSA) is 115 Å². The summed E-state index contributed by atoms with van der Waals surface area (Å²) in [5.41, 5.74) is 5.19. The Morgan fingerprint density at radius 1 is 1.12 bits per heavy atom. The fourth-order valence-electron chi connectivity index (χ4n) is 2.61. The van der Waals surface area contributed by atoms with Crippen LogP contribution in [0.5, 0.6) is 0 Å². The summed E-state index contributed by atoms with van der Waals surface area (Å²) in [6.45, 7) is 5.20. The molecule has 3 amide bonds. The van der Waals surface area contributed by atoms with Crippen LogP contribution in [-0.4, -0.2) is 34.7 Å². The average molecular weight is 356 g/mol. The molecule has 9 heteroatoms. The lowest BCUT2D eigenvalue weighted by atomic mass is 10.1. The molecule has 9 nitrogen and oxygen atoms in total. The molecule has 1 atom stereocenters. The fourth-order valence-corrected chi connectivity index (χ4v) is 2.61. The van der Waals surface area contributed by atoms with Gasteiger partial charge in [0.1, 0.15) is 11.9 Å². The maximum absolute atomic E-state index is 12.7. The Labute approximate surface area is 150 Å². The van der Waals surface area contributed by atoms with Gasteiger partial charge in [-0.1, -0.05) is 0 Å². The first-order valence-corrected chi connectivity index (χ1v) is 8.14. The largest absolute Gasteiger partial charge is 0.326 e. The molecular weight excluding hydrogens is 336 g/mol. The number of amides is 3. The molecule has 1 saturated heterocycles. The Kier molecular flexibility index (Phi) is 4.61. The van der Waals surface area contributed by atoms with E-state index >= 15 is 0 Å². The van der Waals surface area contributed by atoms with Gasteiger partial charge < -0.3 is 10.6 Å². The highest BCUT2D eigenvalue weighted by Gasteiger charge is 2.39. The van der Waals surface area contributed by atoms with Crippen molar-refractivity contribution in [2.24, 2.45) is 4.99 Å². The molecule has 2 aliphatic rings. The quantitative estimate of drug-likeness (QED) is 0.642. The van der Waals surface area contributed by atoms with E-state index in [0.29, 0.717) is 23.2 Å². The van der Waals surface area contributed by atoms with Gasteiger partial charge in [0, 0.05) is 18.3 Å². The van der Waals surface area contributed by atoms with Crippen molar-refractivity contribution in [1.82, 2.24) is 15.8 Å². The Hall–Kier alpha value is -3.36. The van der Waals surface area contributed by atoms with E-state index in [4.69, 9.17) is 0 Å². The SMILES string of the molecule is CC(=O)Nc1ccc(NC(=O)[C@@H]2CC(=O)NC3=NC(=C(C)C)NN32)cc1. The zero-order valence-electron chi connectivity index (χ0n) is 14.7. The lowest BCUT2D eigenvalue weighted by molar-refractivity contribution is -0.129. The van der Waals surface area contributed by atoms with Crippen LogP contribution in [0.1, 0.15) is 27.2 Å². The van der Waals surface area contributed by atoms with Crippen LogP contribution < -0.4 is 21.4 Å². The molecule has 0 unspecified atom stereocenters. The zero-order chi connectivity index (χ0) is 18.8. The van der Waals surface area contributed by atoms with E-state index in [-0.39, 0.29) is 24.1 Å². The number of benzene rings is 1. The molecule has 2 aliphatic heterocycles. The zero-order valence-corrected chi connectivity index (χ0v) is 14.7. The van der Waals surface area contributed by atoms with Crippen LogP contribution in [0.25, 0.3) is 0 Å².